The summed E-state index contributed by atoms with van der Waals surface area (Å²) >= 11 is 0. The molecule has 2 aromatic heterocycles. The number of carbonyl (C=O) groups is 1. The summed E-state index contributed by atoms with van der Waals surface area (Å²) in [4.78, 5) is 19.6. The Morgan fingerprint density at radius 1 is 1.14 bits per heavy atom. The summed E-state index contributed by atoms with van der Waals surface area (Å²) in [7, 11) is 0. The van der Waals surface area contributed by atoms with Crippen LogP contribution in [-0.2, 0) is 6.54 Å². The number of nitrogens with zero attached hydrogens (tertiary/aromatic N) is 6. The van der Waals surface area contributed by atoms with Gasteiger partial charge < -0.3 is 5.11 Å². The van der Waals surface area contributed by atoms with Crippen molar-refractivity contribution in [1.29, 1.82) is 0 Å². The summed E-state index contributed by atoms with van der Waals surface area (Å²) in [6.07, 6.45) is 3.24. The summed E-state index contributed by atoms with van der Waals surface area (Å²) in [6.45, 7) is -0.0734. The number of benzene rings is 1. The topological polar surface area (TPSA) is 107 Å². The molecule has 8 heteroatoms. The standard InChI is InChI=1S/C14H12N6O2/c21-9-12(22)11-4-2-10(3-5-11)8-20-14(17-18-19-20)13-15-6-1-7-16-13/h1-7,21H,8-9H2. The molecule has 0 unspecified atom stereocenters. The monoisotopic (exact) mass is 296 g/mol. The van der Waals surface area contributed by atoms with E-state index in [1.165, 1.54) is 0 Å². The second-order valence-corrected chi connectivity index (χ2v) is 4.51. The quantitative estimate of drug-likeness (QED) is 0.677. The molecule has 0 amide bonds. The van der Waals surface area contributed by atoms with Gasteiger partial charge in [-0.1, -0.05) is 24.3 Å². The summed E-state index contributed by atoms with van der Waals surface area (Å²) in [5, 5.41) is 20.3. The maximum absolute atomic E-state index is 11.4. The Hall–Kier alpha value is -3.00. The normalized spacial score (nSPS) is 10.6. The summed E-state index contributed by atoms with van der Waals surface area (Å²) in [6, 6.07) is 8.63. The number of hydrogen-bond acceptors (Lipinski definition) is 7. The van der Waals surface area contributed by atoms with E-state index in [-0.39, 0.29) is 5.78 Å². The molecule has 22 heavy (non-hydrogen) atoms. The Morgan fingerprint density at radius 2 is 1.86 bits per heavy atom. The molecule has 2 heterocycles. The Bertz CT molecular complexity index is 770. The molecular weight excluding hydrogens is 284 g/mol. The predicted octanol–water partition coefficient (Wildman–Crippen LogP) is 0.353. The van der Waals surface area contributed by atoms with E-state index >= 15 is 0 Å². The van der Waals surface area contributed by atoms with Crippen LogP contribution in [0.25, 0.3) is 11.6 Å². The molecule has 0 saturated heterocycles. The van der Waals surface area contributed by atoms with Gasteiger partial charge in [-0.3, -0.25) is 4.79 Å². The van der Waals surface area contributed by atoms with E-state index in [9.17, 15) is 4.79 Å². The van der Waals surface area contributed by atoms with Crippen molar-refractivity contribution >= 4 is 5.78 Å². The van der Waals surface area contributed by atoms with E-state index in [2.05, 4.69) is 25.5 Å². The molecule has 0 fully saturated rings. The van der Waals surface area contributed by atoms with Crippen LogP contribution in [0.3, 0.4) is 0 Å². The van der Waals surface area contributed by atoms with Crippen molar-refractivity contribution in [3.05, 3.63) is 53.9 Å². The van der Waals surface area contributed by atoms with Crippen LogP contribution in [0.2, 0.25) is 0 Å². The summed E-state index contributed by atoms with van der Waals surface area (Å²) in [5.74, 6) is 0.600. The number of tetrazole rings is 1. The third-order valence-electron chi connectivity index (χ3n) is 3.05. The minimum absolute atomic E-state index is 0.313. The largest absolute Gasteiger partial charge is 0.388 e. The third-order valence-corrected chi connectivity index (χ3v) is 3.05. The van der Waals surface area contributed by atoms with Gasteiger partial charge in [0.1, 0.15) is 6.61 Å². The van der Waals surface area contributed by atoms with Gasteiger partial charge in [0.25, 0.3) is 0 Å². The average molecular weight is 296 g/mol. The fraction of sp³-hybridized carbons (Fsp3) is 0.143. The Morgan fingerprint density at radius 3 is 2.55 bits per heavy atom. The van der Waals surface area contributed by atoms with Gasteiger partial charge in [-0.2, -0.15) is 0 Å². The van der Waals surface area contributed by atoms with Crippen LogP contribution in [0.15, 0.2) is 42.7 Å². The van der Waals surface area contributed by atoms with Crippen LogP contribution in [0.5, 0.6) is 0 Å². The van der Waals surface area contributed by atoms with Crippen molar-refractivity contribution in [2.24, 2.45) is 0 Å². The molecule has 3 rings (SSSR count). The Balaban J connectivity index is 1.83. The lowest BCUT2D eigenvalue weighted by Crippen LogP contribution is -2.07. The van der Waals surface area contributed by atoms with E-state index in [1.54, 1.807) is 47.4 Å². The van der Waals surface area contributed by atoms with E-state index in [0.717, 1.165) is 5.56 Å². The molecule has 0 bridgehead atoms. The molecule has 0 saturated carbocycles. The minimum Gasteiger partial charge on any atom is -0.388 e. The van der Waals surface area contributed by atoms with Crippen LogP contribution in [0, 0.1) is 0 Å². The number of aliphatic hydroxyl groups excluding tert-OH is 1. The Labute approximate surface area is 125 Å². The van der Waals surface area contributed by atoms with Gasteiger partial charge in [-0.25, -0.2) is 14.6 Å². The Kier molecular flexibility index (Phi) is 3.92. The van der Waals surface area contributed by atoms with Crippen molar-refractivity contribution in [2.45, 2.75) is 6.54 Å². The van der Waals surface area contributed by atoms with Crippen LogP contribution >= 0.6 is 0 Å². The molecule has 0 aliphatic heterocycles. The maximum atomic E-state index is 11.4. The second kappa shape index (κ2) is 6.19. The zero-order valence-electron chi connectivity index (χ0n) is 11.5. The highest BCUT2D eigenvalue weighted by atomic mass is 16.3. The highest BCUT2D eigenvalue weighted by Gasteiger charge is 2.12. The molecule has 1 aromatic carbocycles. The lowest BCUT2D eigenvalue weighted by atomic mass is 10.1. The number of hydrogen-bond donors (Lipinski definition) is 1. The van der Waals surface area contributed by atoms with Gasteiger partial charge in [0.05, 0.1) is 6.54 Å². The van der Waals surface area contributed by atoms with Crippen LogP contribution in [0.1, 0.15) is 15.9 Å². The van der Waals surface area contributed by atoms with Crippen LogP contribution in [0.4, 0.5) is 0 Å². The fourth-order valence-corrected chi connectivity index (χ4v) is 1.95. The van der Waals surface area contributed by atoms with E-state index < -0.39 is 6.61 Å². The van der Waals surface area contributed by atoms with Crippen molar-refractivity contribution in [2.75, 3.05) is 6.61 Å². The second-order valence-electron chi connectivity index (χ2n) is 4.51. The molecule has 0 spiro atoms. The molecule has 0 aliphatic rings. The number of ketones is 1. The van der Waals surface area contributed by atoms with Crippen LogP contribution in [-0.4, -0.2) is 47.7 Å². The van der Waals surface area contributed by atoms with Crippen molar-refractivity contribution in [3.63, 3.8) is 0 Å². The van der Waals surface area contributed by atoms with Gasteiger partial charge in [0.15, 0.2) is 11.6 Å². The average Bonchev–Trinajstić information content (AvgIpc) is 3.04. The number of aliphatic hydroxyl groups is 1. The van der Waals surface area contributed by atoms with Gasteiger partial charge in [-0.15, -0.1) is 5.10 Å². The smallest absolute Gasteiger partial charge is 0.220 e. The molecule has 110 valence electrons. The number of carbonyl (C=O) groups excluding carboxylic acids is 1. The maximum Gasteiger partial charge on any atom is 0.220 e. The van der Waals surface area contributed by atoms with Gasteiger partial charge in [0, 0.05) is 18.0 Å². The van der Waals surface area contributed by atoms with Gasteiger partial charge in [0.2, 0.25) is 5.82 Å². The van der Waals surface area contributed by atoms with Crippen molar-refractivity contribution < 1.29 is 9.90 Å². The van der Waals surface area contributed by atoms with E-state index in [1.807, 2.05) is 0 Å². The molecule has 0 radical (unpaired) electrons. The highest BCUT2D eigenvalue weighted by Crippen LogP contribution is 2.12. The van der Waals surface area contributed by atoms with E-state index in [0.29, 0.717) is 23.8 Å². The van der Waals surface area contributed by atoms with Crippen LogP contribution < -0.4 is 0 Å². The first-order chi connectivity index (χ1) is 10.8. The zero-order chi connectivity index (χ0) is 15.4. The number of aromatic nitrogens is 6. The number of Topliss-reactive ketones (excluding diaryl/α,β-unsaturated/α-hetero) is 1. The highest BCUT2D eigenvalue weighted by molar-refractivity contribution is 5.96. The predicted molar refractivity (Wildman–Crippen MR) is 75.8 cm³/mol. The lowest BCUT2D eigenvalue weighted by Gasteiger charge is -2.05. The van der Waals surface area contributed by atoms with Crippen molar-refractivity contribution in [1.82, 2.24) is 30.2 Å². The molecule has 0 atom stereocenters. The molecule has 8 nitrogen and oxygen atoms in total. The third kappa shape index (κ3) is 2.86. The van der Waals surface area contributed by atoms with Gasteiger partial charge in [-0.05, 0) is 22.1 Å². The fourth-order valence-electron chi connectivity index (χ4n) is 1.95. The van der Waals surface area contributed by atoms with E-state index in [4.69, 9.17) is 5.11 Å². The zero-order valence-corrected chi connectivity index (χ0v) is 11.5. The molecule has 0 aliphatic carbocycles. The molecule has 3 aromatic rings. The first kappa shape index (κ1) is 14.0. The lowest BCUT2D eigenvalue weighted by molar-refractivity contribution is 0.0903. The van der Waals surface area contributed by atoms with Crippen molar-refractivity contribution in [3.8, 4) is 11.6 Å². The molecule has 1 N–H and O–H groups in total. The summed E-state index contributed by atoms with van der Waals surface area (Å²) in [5.41, 5.74) is 1.38. The summed E-state index contributed by atoms with van der Waals surface area (Å²) < 4.78 is 1.58. The first-order valence-corrected chi connectivity index (χ1v) is 6.54. The molecular formula is C14H12N6O2. The minimum atomic E-state index is -0.498. The number of rotatable bonds is 5. The SMILES string of the molecule is O=C(CO)c1ccc(Cn2nnnc2-c2ncccn2)cc1. The first-order valence-electron chi connectivity index (χ1n) is 6.54. The van der Waals surface area contributed by atoms with Gasteiger partial charge >= 0.3 is 0 Å².